The molecule has 2 aromatic carbocycles. The molecule has 32 heavy (non-hydrogen) atoms. The summed E-state index contributed by atoms with van der Waals surface area (Å²) in [5.41, 5.74) is 2.03. The van der Waals surface area contributed by atoms with Gasteiger partial charge in [0.1, 0.15) is 0 Å². The Morgan fingerprint density at radius 3 is 2.38 bits per heavy atom. The molecule has 8 heteroatoms. The fourth-order valence-corrected chi connectivity index (χ4v) is 5.89. The van der Waals surface area contributed by atoms with E-state index in [1.54, 1.807) is 24.3 Å². The topological polar surface area (TPSA) is 79.2 Å². The Morgan fingerprint density at radius 2 is 1.62 bits per heavy atom. The van der Waals surface area contributed by atoms with Crippen molar-refractivity contribution in [1.29, 1.82) is 0 Å². The molecule has 0 aliphatic carbocycles. The number of aliphatic hydroxyl groups is 2. The van der Waals surface area contributed by atoms with Crippen molar-refractivity contribution in [2.45, 2.75) is 55.4 Å². The van der Waals surface area contributed by atoms with E-state index in [-0.39, 0.29) is 28.1 Å². The number of aliphatic hydroxyl groups excluding tert-OH is 2. The summed E-state index contributed by atoms with van der Waals surface area (Å²) >= 11 is 12.3. The summed E-state index contributed by atoms with van der Waals surface area (Å²) < 4.78 is 11.2. The number of phenols is 1. The summed E-state index contributed by atoms with van der Waals surface area (Å²) in [6, 6.07) is 10.3. The average Bonchev–Trinajstić information content (AvgIpc) is 2.78. The Morgan fingerprint density at radius 1 is 0.906 bits per heavy atom. The van der Waals surface area contributed by atoms with Crippen molar-refractivity contribution in [1.82, 2.24) is 0 Å². The van der Waals surface area contributed by atoms with E-state index in [0.717, 1.165) is 41.0 Å². The third-order valence-electron chi connectivity index (χ3n) is 5.00. The molecule has 0 spiro atoms. The molecule has 0 amide bonds. The minimum absolute atomic E-state index is 0.0650. The van der Waals surface area contributed by atoms with E-state index in [4.69, 9.17) is 32.7 Å². The molecule has 0 fully saturated rings. The van der Waals surface area contributed by atoms with Crippen molar-refractivity contribution in [3.63, 3.8) is 0 Å². The van der Waals surface area contributed by atoms with Gasteiger partial charge in [-0.05, 0) is 12.1 Å². The zero-order valence-electron chi connectivity index (χ0n) is 18.2. The number of unbranched alkanes of at least 4 members (excludes halogenated alkanes) is 3. The second-order valence-electron chi connectivity index (χ2n) is 7.47. The molecule has 5 nitrogen and oxygen atoms in total. The third kappa shape index (κ3) is 10.0. The van der Waals surface area contributed by atoms with Crippen LogP contribution in [-0.2, 0) is 22.7 Å². The predicted octanol–water partition coefficient (Wildman–Crippen LogP) is 5.56. The molecule has 0 aromatic heterocycles. The molecular weight excluding hydrogens is 514 g/mol. The van der Waals surface area contributed by atoms with Gasteiger partial charge >= 0.3 is 156 Å². The van der Waals surface area contributed by atoms with Crippen molar-refractivity contribution in [2.24, 2.45) is 0 Å². The standard InChI is InChI=1S/C24H32AsCl2O5/c26-21-6-5-7-22(27)20(21)17-32-13-12-31-11-4-2-1-3-10-25-15-24(30)18-8-9-23(29)19(14-18)16-28/h5-9,14,24,28-30H,1-4,10-13,15-17H2/t24-/m0/s1. The van der Waals surface area contributed by atoms with Gasteiger partial charge in [-0.1, -0.05) is 29.3 Å². The first-order valence-corrected chi connectivity index (χ1v) is 14.3. The van der Waals surface area contributed by atoms with Crippen LogP contribution in [0, 0.1) is 0 Å². The van der Waals surface area contributed by atoms with E-state index in [0.29, 0.717) is 35.4 Å². The molecule has 0 unspecified atom stereocenters. The van der Waals surface area contributed by atoms with Gasteiger partial charge in [-0.3, -0.25) is 0 Å². The SMILES string of the molecule is OCc1cc([C@@H](O)C[As]CCCCCCOCCOCc2c(Cl)cccc2Cl)ccc1O. The van der Waals surface area contributed by atoms with Crippen LogP contribution in [0.15, 0.2) is 36.4 Å². The zero-order valence-corrected chi connectivity index (χ0v) is 21.6. The number of hydrogen-bond acceptors (Lipinski definition) is 5. The molecule has 0 heterocycles. The van der Waals surface area contributed by atoms with E-state index in [9.17, 15) is 15.3 Å². The number of ether oxygens (including phenoxy) is 2. The van der Waals surface area contributed by atoms with E-state index >= 15 is 0 Å². The molecular formula is C24H32AsCl2O5. The van der Waals surface area contributed by atoms with Crippen LogP contribution in [-0.4, -0.2) is 50.9 Å². The Bertz CT molecular complexity index is 786. The van der Waals surface area contributed by atoms with Gasteiger partial charge in [0.05, 0.1) is 0 Å². The molecule has 2 rings (SSSR count). The van der Waals surface area contributed by atoms with E-state index < -0.39 is 6.10 Å². The van der Waals surface area contributed by atoms with Crippen LogP contribution in [0.2, 0.25) is 20.5 Å². The van der Waals surface area contributed by atoms with Crippen molar-refractivity contribution >= 4 is 39.0 Å². The van der Waals surface area contributed by atoms with Gasteiger partial charge in [0, 0.05) is 10.0 Å². The fraction of sp³-hybridized carbons (Fsp3) is 0.500. The molecule has 0 saturated carbocycles. The average molecular weight is 546 g/mol. The van der Waals surface area contributed by atoms with E-state index in [1.165, 1.54) is 18.9 Å². The third-order valence-corrected chi connectivity index (χ3v) is 8.30. The number of aromatic hydroxyl groups is 1. The van der Waals surface area contributed by atoms with Crippen molar-refractivity contribution in [3.8, 4) is 5.75 Å². The van der Waals surface area contributed by atoms with Gasteiger partial charge < -0.3 is 0 Å². The van der Waals surface area contributed by atoms with Crippen LogP contribution in [0.1, 0.15) is 48.5 Å². The molecule has 0 bridgehead atoms. The van der Waals surface area contributed by atoms with Crippen LogP contribution < -0.4 is 0 Å². The summed E-state index contributed by atoms with van der Waals surface area (Å²) in [6.45, 7) is 1.95. The number of benzene rings is 2. The van der Waals surface area contributed by atoms with Crippen molar-refractivity contribution in [3.05, 3.63) is 63.1 Å². The zero-order chi connectivity index (χ0) is 23.2. The maximum atomic E-state index is 10.3. The molecule has 1 atom stereocenters. The summed E-state index contributed by atoms with van der Waals surface area (Å²) in [6.07, 6.45) is 3.99. The van der Waals surface area contributed by atoms with Gasteiger partial charge in [0.25, 0.3) is 0 Å². The van der Waals surface area contributed by atoms with Crippen LogP contribution in [0.25, 0.3) is 0 Å². The summed E-state index contributed by atoms with van der Waals surface area (Å²) in [5.74, 6) is 0.0650. The Balaban J connectivity index is 1.42. The van der Waals surface area contributed by atoms with E-state index in [1.807, 2.05) is 6.07 Å². The Kier molecular flexibility index (Phi) is 13.7. The minimum atomic E-state index is -0.523. The van der Waals surface area contributed by atoms with Crippen molar-refractivity contribution < 1.29 is 24.8 Å². The summed E-state index contributed by atoms with van der Waals surface area (Å²) in [7, 11) is 0. The second kappa shape index (κ2) is 15.9. The molecule has 0 saturated heterocycles. The van der Waals surface area contributed by atoms with Gasteiger partial charge in [-0.15, -0.1) is 0 Å². The monoisotopic (exact) mass is 545 g/mol. The van der Waals surface area contributed by atoms with Crippen LogP contribution in [0.4, 0.5) is 0 Å². The molecule has 0 aliphatic heterocycles. The van der Waals surface area contributed by atoms with Crippen molar-refractivity contribution in [2.75, 3.05) is 19.8 Å². The Labute approximate surface area is 207 Å². The quantitative estimate of drug-likeness (QED) is 0.190. The van der Waals surface area contributed by atoms with Crippen LogP contribution in [0.3, 0.4) is 0 Å². The number of hydrogen-bond donors (Lipinski definition) is 3. The first-order chi connectivity index (χ1) is 15.5. The van der Waals surface area contributed by atoms with Gasteiger partial charge in [0.2, 0.25) is 0 Å². The van der Waals surface area contributed by atoms with Crippen LogP contribution in [0.5, 0.6) is 5.75 Å². The first-order valence-electron chi connectivity index (χ1n) is 10.8. The predicted molar refractivity (Wildman–Crippen MR) is 130 cm³/mol. The second-order valence-corrected chi connectivity index (χ2v) is 10.9. The van der Waals surface area contributed by atoms with Gasteiger partial charge in [-0.25, -0.2) is 0 Å². The molecule has 2 aromatic rings. The Hall–Kier alpha value is -0.782. The first kappa shape index (κ1) is 27.5. The summed E-state index contributed by atoms with van der Waals surface area (Å²) in [4.78, 5) is 0. The maximum absolute atomic E-state index is 10.3. The molecule has 1 radical (unpaired) electrons. The normalized spacial score (nSPS) is 12.6. The van der Waals surface area contributed by atoms with Crippen LogP contribution >= 0.6 is 23.2 Å². The summed E-state index contributed by atoms with van der Waals surface area (Å²) in [5, 5.41) is 32.3. The molecule has 3 N–H and O–H groups in total. The van der Waals surface area contributed by atoms with Gasteiger partial charge in [0.15, 0.2) is 0 Å². The number of rotatable bonds is 16. The van der Waals surface area contributed by atoms with E-state index in [2.05, 4.69) is 0 Å². The fourth-order valence-electron chi connectivity index (χ4n) is 3.10. The van der Waals surface area contributed by atoms with Gasteiger partial charge in [-0.2, -0.15) is 0 Å². The molecule has 0 aliphatic rings. The number of halogens is 2. The molecule has 177 valence electrons.